The maximum Gasteiger partial charge on any atom is 0.261 e. The third-order valence-corrected chi connectivity index (χ3v) is 12.4. The van der Waals surface area contributed by atoms with E-state index in [0.29, 0.717) is 0 Å². The van der Waals surface area contributed by atoms with Crippen molar-refractivity contribution in [2.45, 2.75) is 50.7 Å². The maximum atomic E-state index is 12.9. The summed E-state index contributed by atoms with van der Waals surface area (Å²) in [4.78, 5) is 0.286. The molecule has 3 nitrogen and oxygen atoms in total. The van der Waals surface area contributed by atoms with Gasteiger partial charge in [-0.1, -0.05) is 113 Å². The minimum absolute atomic E-state index is 0.0915. The topological polar surface area (TPSA) is 43.4 Å². The summed E-state index contributed by atoms with van der Waals surface area (Å²) in [5.74, 6) is 0.0915. The Balaban J connectivity index is 2.12. The molecule has 174 valence electrons. The average molecular weight is 479 g/mol. The first-order chi connectivity index (χ1) is 15.6. The second kappa shape index (κ2) is 10.2. The Kier molecular flexibility index (Phi) is 7.78. The lowest BCUT2D eigenvalue weighted by Crippen LogP contribution is -2.68. The fraction of sp³-hybridized carbons (Fsp3) is 0.286. The molecule has 0 amide bonds. The van der Waals surface area contributed by atoms with E-state index in [-0.39, 0.29) is 22.0 Å². The second-order valence-electron chi connectivity index (χ2n) is 9.68. The van der Waals surface area contributed by atoms with Crippen LogP contribution < -0.4 is 10.4 Å². The van der Waals surface area contributed by atoms with Crippen LogP contribution >= 0.6 is 0 Å². The van der Waals surface area contributed by atoms with E-state index in [0.717, 1.165) is 0 Å². The Hall–Kier alpha value is -2.47. The monoisotopic (exact) mass is 478 g/mol. The molecule has 5 heteroatoms. The third kappa shape index (κ3) is 5.54. The Labute approximate surface area is 200 Å². The molecule has 0 aliphatic rings. The highest BCUT2D eigenvalue weighted by molar-refractivity contribution is 7.94. The Morgan fingerprint density at radius 2 is 1.18 bits per heavy atom. The van der Waals surface area contributed by atoms with E-state index >= 15 is 0 Å². The molecule has 0 fully saturated rings. The highest BCUT2D eigenvalue weighted by Gasteiger charge is 2.51. The first kappa shape index (κ1) is 25.2. The molecule has 0 bridgehead atoms. The van der Waals surface area contributed by atoms with E-state index in [1.54, 1.807) is 30.3 Å². The van der Waals surface area contributed by atoms with E-state index in [2.05, 4.69) is 83.1 Å². The molecule has 3 rings (SSSR count). The summed E-state index contributed by atoms with van der Waals surface area (Å²) in [6.07, 6.45) is 1.36. The number of sulfone groups is 1. The minimum Gasteiger partial charge on any atom is -0.401 e. The van der Waals surface area contributed by atoms with Crippen LogP contribution in [0, 0.1) is 5.92 Å². The normalized spacial score (nSPS) is 14.0. The Morgan fingerprint density at radius 1 is 0.758 bits per heavy atom. The first-order valence-electron chi connectivity index (χ1n) is 11.3. The van der Waals surface area contributed by atoms with E-state index in [1.165, 1.54) is 15.8 Å². The van der Waals surface area contributed by atoms with Crippen molar-refractivity contribution in [2.75, 3.05) is 0 Å². The molecule has 0 unspecified atom stereocenters. The van der Waals surface area contributed by atoms with Crippen molar-refractivity contribution in [3.63, 3.8) is 0 Å². The van der Waals surface area contributed by atoms with Crippen LogP contribution in [0.1, 0.15) is 34.6 Å². The molecule has 0 spiro atoms. The highest BCUT2D eigenvalue weighted by Crippen LogP contribution is 2.38. The van der Waals surface area contributed by atoms with Gasteiger partial charge < -0.3 is 4.43 Å². The van der Waals surface area contributed by atoms with E-state index < -0.39 is 18.2 Å². The lowest BCUT2D eigenvalue weighted by Gasteiger charge is -2.45. The number of hydrogen-bond acceptors (Lipinski definition) is 3. The van der Waals surface area contributed by atoms with Crippen molar-refractivity contribution in [3.05, 3.63) is 102 Å². The molecule has 0 radical (unpaired) electrons. The zero-order valence-corrected chi connectivity index (χ0v) is 21.9. The summed E-state index contributed by atoms with van der Waals surface area (Å²) in [5, 5.41) is 3.47. The molecule has 0 saturated carbocycles. The summed E-state index contributed by atoms with van der Waals surface area (Å²) < 4.78 is 33.0. The molecular weight excluding hydrogens is 444 g/mol. The zero-order chi connectivity index (χ0) is 24.1. The quantitative estimate of drug-likeness (QED) is 0.397. The van der Waals surface area contributed by atoms with Gasteiger partial charge in [0.1, 0.15) is 0 Å². The minimum atomic E-state index is -3.55. The maximum absolute atomic E-state index is 12.9. The van der Waals surface area contributed by atoms with Gasteiger partial charge in [0.05, 0.1) is 11.0 Å². The predicted molar refractivity (Wildman–Crippen MR) is 140 cm³/mol. The number of rotatable bonds is 8. The summed E-state index contributed by atoms with van der Waals surface area (Å²) >= 11 is 0. The van der Waals surface area contributed by atoms with E-state index in [4.69, 9.17) is 4.43 Å². The van der Waals surface area contributed by atoms with Crippen molar-refractivity contribution >= 4 is 28.5 Å². The zero-order valence-electron chi connectivity index (χ0n) is 20.1. The van der Waals surface area contributed by atoms with Crippen LogP contribution in [0.15, 0.2) is 107 Å². The van der Waals surface area contributed by atoms with Crippen LogP contribution in [0.25, 0.3) is 0 Å². The molecule has 0 aliphatic heterocycles. The van der Waals surface area contributed by atoms with Crippen LogP contribution in [0.4, 0.5) is 0 Å². The van der Waals surface area contributed by atoms with Crippen LogP contribution in [0.2, 0.25) is 5.04 Å². The van der Waals surface area contributed by atoms with Crippen LogP contribution in [0.5, 0.6) is 0 Å². The highest BCUT2D eigenvalue weighted by atomic mass is 32.2. The molecule has 0 heterocycles. The SMILES string of the molecule is CC(C)[C@@H](/C=C/S(=O)(=O)c1ccccc1)O[Si](c1ccccc1)(c1ccccc1)C(C)(C)C. The average Bonchev–Trinajstić information content (AvgIpc) is 2.80. The van der Waals surface area contributed by atoms with Crippen molar-refractivity contribution < 1.29 is 12.8 Å². The van der Waals surface area contributed by atoms with Crippen LogP contribution in [-0.2, 0) is 14.3 Å². The third-order valence-electron chi connectivity index (χ3n) is 5.91. The van der Waals surface area contributed by atoms with Crippen molar-refractivity contribution in [3.8, 4) is 0 Å². The number of hydrogen-bond donors (Lipinski definition) is 0. The molecule has 0 aliphatic carbocycles. The summed E-state index contributed by atoms with van der Waals surface area (Å²) in [6, 6.07) is 29.3. The molecule has 3 aromatic rings. The van der Waals surface area contributed by atoms with Gasteiger partial charge in [-0.15, -0.1) is 0 Å². The van der Waals surface area contributed by atoms with Crippen LogP contribution in [-0.4, -0.2) is 22.8 Å². The predicted octanol–water partition coefficient (Wildman–Crippen LogP) is 5.58. The molecule has 0 saturated heterocycles. The Bertz CT molecular complexity index is 1110. The summed E-state index contributed by atoms with van der Waals surface area (Å²) in [7, 11) is -6.35. The molecule has 0 aromatic heterocycles. The molecule has 1 atom stereocenters. The van der Waals surface area contributed by atoms with Gasteiger partial charge in [-0.2, -0.15) is 0 Å². The molecular formula is C28H34O3SSi. The van der Waals surface area contributed by atoms with Gasteiger partial charge in [-0.05, 0) is 39.5 Å². The first-order valence-corrected chi connectivity index (χ1v) is 14.8. The second-order valence-corrected chi connectivity index (χ2v) is 15.8. The molecule has 33 heavy (non-hydrogen) atoms. The van der Waals surface area contributed by atoms with E-state index in [9.17, 15) is 8.42 Å². The largest absolute Gasteiger partial charge is 0.401 e. The lowest BCUT2D eigenvalue weighted by molar-refractivity contribution is 0.184. The fourth-order valence-corrected chi connectivity index (χ4v) is 9.99. The van der Waals surface area contributed by atoms with Crippen molar-refractivity contribution in [1.82, 2.24) is 0 Å². The molecule has 0 N–H and O–H groups in total. The van der Waals surface area contributed by atoms with Crippen molar-refractivity contribution in [1.29, 1.82) is 0 Å². The standard InChI is InChI=1S/C28H34O3SSi/c1-23(2)27(21-22-32(29,30)24-15-9-6-10-16-24)31-33(28(3,4)5,25-17-11-7-12-18-25)26-19-13-8-14-20-26/h6-23,27H,1-5H3/b22-21+/t27-/m1/s1. The lowest BCUT2D eigenvalue weighted by atomic mass is 10.1. The number of benzene rings is 3. The van der Waals surface area contributed by atoms with Gasteiger partial charge in [-0.3, -0.25) is 0 Å². The van der Waals surface area contributed by atoms with Crippen molar-refractivity contribution in [2.24, 2.45) is 5.92 Å². The van der Waals surface area contributed by atoms with Gasteiger partial charge in [0.25, 0.3) is 8.32 Å². The molecule has 3 aromatic carbocycles. The van der Waals surface area contributed by atoms with Gasteiger partial charge >= 0.3 is 0 Å². The Morgan fingerprint density at radius 3 is 1.58 bits per heavy atom. The van der Waals surface area contributed by atoms with Crippen LogP contribution in [0.3, 0.4) is 0 Å². The van der Waals surface area contributed by atoms with Gasteiger partial charge in [0.15, 0.2) is 9.84 Å². The van der Waals surface area contributed by atoms with E-state index in [1.807, 2.05) is 18.2 Å². The van der Waals surface area contributed by atoms with Gasteiger partial charge in [0, 0.05) is 5.41 Å². The smallest absolute Gasteiger partial charge is 0.261 e. The fourth-order valence-electron chi connectivity index (χ4n) is 4.16. The summed E-state index contributed by atoms with van der Waals surface area (Å²) in [5.41, 5.74) is 0. The van der Waals surface area contributed by atoms with Gasteiger partial charge in [0.2, 0.25) is 0 Å². The van der Waals surface area contributed by atoms with Gasteiger partial charge in [-0.25, -0.2) is 8.42 Å². The summed E-state index contributed by atoms with van der Waals surface area (Å²) in [6.45, 7) is 10.8.